The third-order valence-corrected chi connectivity index (χ3v) is 8.34. The van der Waals surface area contributed by atoms with Crippen molar-refractivity contribution >= 4 is 5.78 Å². The van der Waals surface area contributed by atoms with Gasteiger partial charge >= 0.3 is 0 Å². The summed E-state index contributed by atoms with van der Waals surface area (Å²) in [6.07, 6.45) is 9.29. The quantitative estimate of drug-likeness (QED) is 0.618. The van der Waals surface area contributed by atoms with Crippen LogP contribution in [-0.2, 0) is 4.79 Å². The molecule has 4 fully saturated rings. The molecule has 0 aromatic carbocycles. The van der Waals surface area contributed by atoms with Gasteiger partial charge < -0.3 is 0 Å². The molecule has 0 spiro atoms. The van der Waals surface area contributed by atoms with Crippen LogP contribution in [0.3, 0.4) is 0 Å². The van der Waals surface area contributed by atoms with E-state index < -0.39 is 11.6 Å². The van der Waals surface area contributed by atoms with Crippen LogP contribution in [0.25, 0.3) is 0 Å². The largest absolute Gasteiger partial charge is 0.299 e. The molecule has 4 rings (SSSR count). The van der Waals surface area contributed by atoms with Crippen LogP contribution in [-0.4, -0.2) is 12.0 Å². The first-order chi connectivity index (χ1) is 9.98. The standard InChI is InChI=1S/C19H29FO/c1-18-10-4-3-5-12(18)6-7-13-14-8-9-17(21)19(14,2)16(20)11-15(13)18/h12-16H,3-11H2,1-2H3/t12?,13-,14-,15-,16+,18-,19+/m0/s1. The predicted molar refractivity (Wildman–Crippen MR) is 81.6 cm³/mol. The van der Waals surface area contributed by atoms with Crippen LogP contribution in [0.15, 0.2) is 0 Å². The minimum Gasteiger partial charge on any atom is -0.299 e. The summed E-state index contributed by atoms with van der Waals surface area (Å²) in [5, 5.41) is 0. The molecule has 118 valence electrons. The molecule has 0 amide bonds. The van der Waals surface area contributed by atoms with E-state index in [4.69, 9.17) is 0 Å². The Morgan fingerprint density at radius 3 is 2.67 bits per heavy atom. The highest BCUT2D eigenvalue weighted by Crippen LogP contribution is 2.65. The van der Waals surface area contributed by atoms with Crippen LogP contribution in [0.2, 0.25) is 0 Å². The van der Waals surface area contributed by atoms with Gasteiger partial charge in [-0.05, 0) is 74.5 Å². The van der Waals surface area contributed by atoms with Crippen molar-refractivity contribution in [2.45, 2.75) is 77.8 Å². The highest BCUT2D eigenvalue weighted by molar-refractivity contribution is 5.87. The molecule has 21 heavy (non-hydrogen) atoms. The monoisotopic (exact) mass is 292 g/mol. The van der Waals surface area contributed by atoms with Crippen molar-refractivity contribution in [1.29, 1.82) is 0 Å². The average molecular weight is 292 g/mol. The normalized spacial score (nSPS) is 56.5. The summed E-state index contributed by atoms with van der Waals surface area (Å²) < 4.78 is 15.1. The summed E-state index contributed by atoms with van der Waals surface area (Å²) in [5.74, 6) is 2.53. The third-order valence-electron chi connectivity index (χ3n) is 8.34. The molecule has 2 heteroatoms. The lowest BCUT2D eigenvalue weighted by Crippen LogP contribution is -2.56. The number of alkyl halides is 1. The Bertz CT molecular complexity index is 460. The fraction of sp³-hybridized carbons (Fsp3) is 0.947. The van der Waals surface area contributed by atoms with E-state index in [2.05, 4.69) is 6.92 Å². The molecule has 0 N–H and O–H groups in total. The minimum atomic E-state index is -0.892. The molecule has 0 heterocycles. The molecule has 0 bridgehead atoms. The van der Waals surface area contributed by atoms with Crippen LogP contribution in [0.5, 0.6) is 0 Å². The Morgan fingerprint density at radius 2 is 1.86 bits per heavy atom. The van der Waals surface area contributed by atoms with E-state index in [-0.39, 0.29) is 5.78 Å². The zero-order chi connectivity index (χ0) is 14.8. The van der Waals surface area contributed by atoms with E-state index in [1.807, 2.05) is 6.92 Å². The van der Waals surface area contributed by atoms with E-state index in [9.17, 15) is 4.79 Å². The van der Waals surface area contributed by atoms with Gasteiger partial charge in [0.2, 0.25) is 0 Å². The topological polar surface area (TPSA) is 17.1 Å². The molecule has 4 aliphatic rings. The molecule has 0 radical (unpaired) electrons. The molecule has 0 aromatic rings. The van der Waals surface area contributed by atoms with E-state index in [0.29, 0.717) is 36.0 Å². The van der Waals surface area contributed by atoms with Crippen LogP contribution in [0.4, 0.5) is 4.39 Å². The van der Waals surface area contributed by atoms with Crippen molar-refractivity contribution in [3.63, 3.8) is 0 Å². The second-order valence-corrected chi connectivity index (χ2v) is 8.85. The summed E-state index contributed by atoms with van der Waals surface area (Å²) in [4.78, 5) is 12.3. The highest BCUT2D eigenvalue weighted by Gasteiger charge is 2.63. The zero-order valence-corrected chi connectivity index (χ0v) is 13.5. The summed E-state index contributed by atoms with van der Waals surface area (Å²) in [5.41, 5.74) is -0.280. The average Bonchev–Trinajstić information content (AvgIpc) is 2.77. The Kier molecular flexibility index (Phi) is 3.08. The van der Waals surface area contributed by atoms with Gasteiger partial charge in [0.15, 0.2) is 0 Å². The van der Waals surface area contributed by atoms with Gasteiger partial charge in [-0.2, -0.15) is 0 Å². The van der Waals surface area contributed by atoms with Crippen LogP contribution in [0.1, 0.15) is 71.6 Å². The molecule has 4 saturated carbocycles. The molecule has 4 aliphatic carbocycles. The molecule has 7 atom stereocenters. The lowest BCUT2D eigenvalue weighted by molar-refractivity contribution is -0.152. The maximum absolute atomic E-state index is 15.1. The number of carbonyl (C=O) groups is 1. The van der Waals surface area contributed by atoms with E-state index in [1.54, 1.807) is 0 Å². The minimum absolute atomic E-state index is 0.217. The molecular formula is C19H29FO. The van der Waals surface area contributed by atoms with Crippen molar-refractivity contribution in [2.75, 3.05) is 0 Å². The molecule has 0 aliphatic heterocycles. The first kappa shape index (κ1) is 14.2. The number of Topliss-reactive ketones (excluding diaryl/α,β-unsaturated/α-hetero) is 1. The van der Waals surface area contributed by atoms with Crippen LogP contribution in [0, 0.1) is 34.5 Å². The summed E-state index contributed by atoms with van der Waals surface area (Å²) in [6.45, 7) is 4.41. The first-order valence-corrected chi connectivity index (χ1v) is 9.15. The fourth-order valence-electron chi connectivity index (χ4n) is 7.00. The van der Waals surface area contributed by atoms with Crippen molar-refractivity contribution in [1.82, 2.24) is 0 Å². The van der Waals surface area contributed by atoms with Crippen molar-refractivity contribution in [2.24, 2.45) is 34.5 Å². The maximum atomic E-state index is 15.1. The van der Waals surface area contributed by atoms with Gasteiger partial charge in [-0.3, -0.25) is 4.79 Å². The van der Waals surface area contributed by atoms with Gasteiger partial charge in [-0.15, -0.1) is 0 Å². The smallest absolute Gasteiger partial charge is 0.141 e. The van der Waals surface area contributed by atoms with Gasteiger partial charge in [0.25, 0.3) is 0 Å². The molecule has 0 saturated heterocycles. The molecule has 0 aromatic heterocycles. The predicted octanol–water partition coefficient (Wildman–Crippen LogP) is 4.94. The Labute approximate surface area is 128 Å². The SMILES string of the molecule is C[C@@]12C(=O)CC[C@H]1[C@@H]1CCC3CCCC[C@]3(C)[C@H]1C[C@H]2F. The van der Waals surface area contributed by atoms with Gasteiger partial charge in [-0.1, -0.05) is 19.8 Å². The number of carbonyl (C=O) groups excluding carboxylic acids is 1. The van der Waals surface area contributed by atoms with E-state index in [0.717, 1.165) is 12.3 Å². The van der Waals surface area contributed by atoms with Crippen molar-refractivity contribution in [3.8, 4) is 0 Å². The lowest BCUT2D eigenvalue weighted by Gasteiger charge is -2.60. The second-order valence-electron chi connectivity index (χ2n) is 8.85. The summed E-state index contributed by atoms with van der Waals surface area (Å²) in [6, 6.07) is 0. The number of hydrogen-bond acceptors (Lipinski definition) is 1. The molecular weight excluding hydrogens is 263 g/mol. The van der Waals surface area contributed by atoms with Crippen molar-refractivity contribution < 1.29 is 9.18 Å². The Morgan fingerprint density at radius 1 is 1.05 bits per heavy atom. The van der Waals surface area contributed by atoms with Gasteiger partial charge in [0, 0.05) is 6.42 Å². The number of halogens is 1. The van der Waals surface area contributed by atoms with Gasteiger partial charge in [0.1, 0.15) is 12.0 Å². The van der Waals surface area contributed by atoms with Crippen molar-refractivity contribution in [3.05, 3.63) is 0 Å². The van der Waals surface area contributed by atoms with E-state index >= 15 is 4.39 Å². The summed E-state index contributed by atoms with van der Waals surface area (Å²) >= 11 is 0. The number of ketones is 1. The molecule has 1 unspecified atom stereocenters. The lowest BCUT2D eigenvalue weighted by atomic mass is 9.45. The van der Waals surface area contributed by atoms with Gasteiger partial charge in [0.05, 0.1) is 5.41 Å². The van der Waals surface area contributed by atoms with Crippen LogP contribution < -0.4 is 0 Å². The number of hydrogen-bond donors (Lipinski definition) is 0. The number of rotatable bonds is 0. The summed E-state index contributed by atoms with van der Waals surface area (Å²) in [7, 11) is 0. The first-order valence-electron chi connectivity index (χ1n) is 9.15. The fourth-order valence-corrected chi connectivity index (χ4v) is 7.00. The maximum Gasteiger partial charge on any atom is 0.141 e. The Balaban J connectivity index is 1.70. The Hall–Kier alpha value is -0.400. The zero-order valence-electron chi connectivity index (χ0n) is 13.5. The number of fused-ring (bicyclic) bond motifs is 5. The molecule has 1 nitrogen and oxygen atoms in total. The van der Waals surface area contributed by atoms with E-state index in [1.165, 1.54) is 38.5 Å². The third kappa shape index (κ3) is 1.71. The highest BCUT2D eigenvalue weighted by atomic mass is 19.1. The second kappa shape index (κ2) is 4.55. The van der Waals surface area contributed by atoms with Gasteiger partial charge in [-0.25, -0.2) is 4.39 Å². The van der Waals surface area contributed by atoms with Crippen LogP contribution >= 0.6 is 0 Å².